The monoisotopic (exact) mass is 276 g/mol. The number of nitrogens with one attached hydrogen (secondary N) is 1. The largest absolute Gasteiger partial charge is 0.465 e. The molecule has 20 heavy (non-hydrogen) atoms. The van der Waals surface area contributed by atoms with E-state index in [1.807, 2.05) is 0 Å². The number of rotatable bonds is 3. The maximum absolute atomic E-state index is 12.3. The second-order valence-corrected chi connectivity index (χ2v) is 4.61. The van der Waals surface area contributed by atoms with Crippen molar-refractivity contribution in [3.05, 3.63) is 29.8 Å². The fraction of sp³-hybridized carbons (Fsp3) is 0.357. The van der Waals surface area contributed by atoms with Gasteiger partial charge in [0.25, 0.3) is 0 Å². The Morgan fingerprint density at radius 3 is 2.65 bits per heavy atom. The van der Waals surface area contributed by atoms with Gasteiger partial charge in [0.1, 0.15) is 0 Å². The summed E-state index contributed by atoms with van der Waals surface area (Å²) in [6.45, 7) is 0.336. The van der Waals surface area contributed by atoms with Crippen LogP contribution in [0, 0.1) is 5.92 Å². The van der Waals surface area contributed by atoms with E-state index in [1.54, 1.807) is 31.3 Å². The fourth-order valence-corrected chi connectivity index (χ4v) is 2.22. The van der Waals surface area contributed by atoms with E-state index in [-0.39, 0.29) is 18.2 Å². The summed E-state index contributed by atoms with van der Waals surface area (Å²) in [6, 6.07) is 6.72. The summed E-state index contributed by atoms with van der Waals surface area (Å²) < 4.78 is 4.71. The number of benzene rings is 1. The summed E-state index contributed by atoms with van der Waals surface area (Å²) in [7, 11) is 2.88. The molecule has 2 rings (SSSR count). The third kappa shape index (κ3) is 2.64. The van der Waals surface area contributed by atoms with E-state index >= 15 is 0 Å². The molecule has 1 unspecified atom stereocenters. The van der Waals surface area contributed by atoms with Gasteiger partial charge in [0, 0.05) is 20.0 Å². The molecule has 6 heteroatoms. The van der Waals surface area contributed by atoms with Crippen LogP contribution in [0.4, 0.5) is 5.69 Å². The minimum atomic E-state index is -0.499. The summed E-state index contributed by atoms with van der Waals surface area (Å²) >= 11 is 0. The number of carbonyl (C=O) groups is 3. The van der Waals surface area contributed by atoms with Gasteiger partial charge in [-0.1, -0.05) is 12.1 Å². The number of esters is 1. The Kier molecular flexibility index (Phi) is 4.02. The van der Waals surface area contributed by atoms with Gasteiger partial charge in [-0.2, -0.15) is 0 Å². The summed E-state index contributed by atoms with van der Waals surface area (Å²) in [4.78, 5) is 36.6. The van der Waals surface area contributed by atoms with E-state index in [1.165, 1.54) is 12.0 Å². The third-order valence-electron chi connectivity index (χ3n) is 3.33. The predicted molar refractivity (Wildman–Crippen MR) is 72.3 cm³/mol. The van der Waals surface area contributed by atoms with Crippen LogP contribution in [0.15, 0.2) is 24.3 Å². The lowest BCUT2D eigenvalue weighted by Gasteiger charge is -2.22. The zero-order chi connectivity index (χ0) is 14.7. The number of hydrogen-bond acceptors (Lipinski definition) is 4. The zero-order valence-electron chi connectivity index (χ0n) is 11.4. The van der Waals surface area contributed by atoms with E-state index in [4.69, 9.17) is 4.74 Å². The molecular formula is C14H16N2O4. The first-order chi connectivity index (χ1) is 9.54. The Morgan fingerprint density at radius 1 is 1.35 bits per heavy atom. The predicted octanol–water partition coefficient (Wildman–Crippen LogP) is 0.572. The molecule has 1 aliphatic rings. The molecule has 6 nitrogen and oxygen atoms in total. The first kappa shape index (κ1) is 14.0. The third-order valence-corrected chi connectivity index (χ3v) is 3.33. The number of anilines is 1. The Bertz CT molecular complexity index is 556. The Labute approximate surface area is 116 Å². The molecule has 0 saturated carbocycles. The molecule has 2 amide bonds. The molecule has 1 aromatic rings. The summed E-state index contributed by atoms with van der Waals surface area (Å²) in [5, 5.41) is 2.63. The van der Waals surface area contributed by atoms with Crippen LogP contribution in [0.5, 0.6) is 0 Å². The SMILES string of the molecule is COC(=O)c1ccccc1N(C)C(=O)C1CNC(=O)C1. The smallest absolute Gasteiger partial charge is 0.339 e. The van der Waals surface area contributed by atoms with E-state index in [0.717, 1.165) is 0 Å². The van der Waals surface area contributed by atoms with Gasteiger partial charge in [-0.05, 0) is 12.1 Å². The zero-order valence-corrected chi connectivity index (χ0v) is 11.4. The van der Waals surface area contributed by atoms with Crippen LogP contribution in [0.1, 0.15) is 16.8 Å². The van der Waals surface area contributed by atoms with Gasteiger partial charge in [0.15, 0.2) is 0 Å². The lowest BCUT2D eigenvalue weighted by molar-refractivity contribution is -0.124. The maximum Gasteiger partial charge on any atom is 0.339 e. The lowest BCUT2D eigenvalue weighted by Crippen LogP contribution is -2.34. The fourth-order valence-electron chi connectivity index (χ4n) is 2.22. The maximum atomic E-state index is 12.3. The normalized spacial score (nSPS) is 17.5. The molecule has 1 heterocycles. The molecule has 0 bridgehead atoms. The summed E-state index contributed by atoms with van der Waals surface area (Å²) in [5.74, 6) is -1.21. The molecule has 1 saturated heterocycles. The number of methoxy groups -OCH3 is 1. The van der Waals surface area contributed by atoms with Crippen LogP contribution in [-0.2, 0) is 14.3 Å². The van der Waals surface area contributed by atoms with Crippen LogP contribution in [-0.4, -0.2) is 38.5 Å². The summed E-state index contributed by atoms with van der Waals surface area (Å²) in [5.41, 5.74) is 0.798. The number of hydrogen-bond donors (Lipinski definition) is 1. The molecular weight excluding hydrogens is 260 g/mol. The van der Waals surface area contributed by atoms with Gasteiger partial charge < -0.3 is 15.0 Å². The highest BCUT2D eigenvalue weighted by Gasteiger charge is 2.31. The van der Waals surface area contributed by atoms with Gasteiger partial charge >= 0.3 is 5.97 Å². The molecule has 0 radical (unpaired) electrons. The topological polar surface area (TPSA) is 75.7 Å². The van der Waals surface area contributed by atoms with Crippen LogP contribution in [0.2, 0.25) is 0 Å². The van der Waals surface area contributed by atoms with Crippen LogP contribution in [0.3, 0.4) is 0 Å². The van der Waals surface area contributed by atoms with Crippen LogP contribution < -0.4 is 10.2 Å². The van der Waals surface area contributed by atoms with Gasteiger partial charge in [0.05, 0.1) is 24.3 Å². The molecule has 106 valence electrons. The van der Waals surface area contributed by atoms with Gasteiger partial charge in [-0.3, -0.25) is 9.59 Å². The molecule has 1 fully saturated rings. The van der Waals surface area contributed by atoms with Crippen molar-refractivity contribution in [2.45, 2.75) is 6.42 Å². The van der Waals surface area contributed by atoms with Crippen molar-refractivity contribution >= 4 is 23.5 Å². The number of para-hydroxylation sites is 1. The Balaban J connectivity index is 2.24. The second kappa shape index (κ2) is 5.73. The summed E-state index contributed by atoms with van der Waals surface area (Å²) in [6.07, 6.45) is 0.184. The minimum absolute atomic E-state index is 0.127. The molecule has 1 aliphatic heterocycles. The number of nitrogens with zero attached hydrogens (tertiary/aromatic N) is 1. The first-order valence-corrected chi connectivity index (χ1v) is 6.26. The standard InChI is InChI=1S/C14H16N2O4/c1-16(13(18)9-7-12(17)15-8-9)11-6-4-3-5-10(11)14(19)20-2/h3-6,9H,7-8H2,1-2H3,(H,15,17). The molecule has 0 aliphatic carbocycles. The number of ether oxygens (including phenoxy) is 1. The number of amides is 2. The highest BCUT2D eigenvalue weighted by Crippen LogP contribution is 2.23. The average Bonchev–Trinajstić information content (AvgIpc) is 2.91. The van der Waals surface area contributed by atoms with Crippen molar-refractivity contribution in [2.75, 3.05) is 25.6 Å². The van der Waals surface area contributed by atoms with E-state index in [0.29, 0.717) is 17.8 Å². The van der Waals surface area contributed by atoms with Gasteiger partial charge in [0.2, 0.25) is 11.8 Å². The second-order valence-electron chi connectivity index (χ2n) is 4.61. The van der Waals surface area contributed by atoms with E-state index < -0.39 is 11.9 Å². The Morgan fingerprint density at radius 2 is 2.05 bits per heavy atom. The van der Waals surface area contributed by atoms with Crippen molar-refractivity contribution in [1.82, 2.24) is 5.32 Å². The van der Waals surface area contributed by atoms with Crippen molar-refractivity contribution in [2.24, 2.45) is 5.92 Å². The van der Waals surface area contributed by atoms with Crippen molar-refractivity contribution < 1.29 is 19.1 Å². The molecule has 0 spiro atoms. The van der Waals surface area contributed by atoms with Crippen molar-refractivity contribution in [3.8, 4) is 0 Å². The van der Waals surface area contributed by atoms with Crippen LogP contribution in [0.25, 0.3) is 0 Å². The molecule has 1 N–H and O–H groups in total. The van der Waals surface area contributed by atoms with E-state index in [2.05, 4.69) is 5.32 Å². The van der Waals surface area contributed by atoms with Crippen molar-refractivity contribution in [3.63, 3.8) is 0 Å². The Hall–Kier alpha value is -2.37. The van der Waals surface area contributed by atoms with E-state index in [9.17, 15) is 14.4 Å². The molecule has 0 aromatic heterocycles. The highest BCUT2D eigenvalue weighted by molar-refractivity contribution is 6.04. The van der Waals surface area contributed by atoms with Crippen molar-refractivity contribution in [1.29, 1.82) is 0 Å². The average molecular weight is 276 g/mol. The minimum Gasteiger partial charge on any atom is -0.465 e. The quantitative estimate of drug-likeness (QED) is 0.819. The molecule has 1 atom stereocenters. The highest BCUT2D eigenvalue weighted by atomic mass is 16.5. The van der Waals surface area contributed by atoms with Crippen LogP contribution >= 0.6 is 0 Å². The number of carbonyl (C=O) groups excluding carboxylic acids is 3. The van der Waals surface area contributed by atoms with Gasteiger partial charge in [-0.25, -0.2) is 4.79 Å². The lowest BCUT2D eigenvalue weighted by atomic mass is 10.1. The molecule has 1 aromatic carbocycles. The van der Waals surface area contributed by atoms with Gasteiger partial charge in [-0.15, -0.1) is 0 Å². The first-order valence-electron chi connectivity index (χ1n) is 6.26.